The Labute approximate surface area is 125 Å². The number of urea groups is 1. The quantitative estimate of drug-likeness (QED) is 0.893. The molecule has 5 nitrogen and oxygen atoms in total. The van der Waals surface area contributed by atoms with Crippen LogP contribution in [0.15, 0.2) is 18.2 Å². The van der Waals surface area contributed by atoms with Crippen LogP contribution in [0, 0.1) is 12.8 Å². The fourth-order valence-electron chi connectivity index (χ4n) is 2.76. The van der Waals surface area contributed by atoms with Crippen LogP contribution in [0.5, 0.6) is 0 Å². The average Bonchev–Trinajstić information content (AvgIpc) is 2.93. The summed E-state index contributed by atoms with van der Waals surface area (Å²) in [5, 5.41) is 11.8. The minimum Gasteiger partial charge on any atom is -0.478 e. The van der Waals surface area contributed by atoms with E-state index in [1.165, 1.54) is 37.8 Å². The van der Waals surface area contributed by atoms with Gasteiger partial charge in [0.2, 0.25) is 0 Å². The van der Waals surface area contributed by atoms with Gasteiger partial charge >= 0.3 is 12.0 Å². The molecule has 0 heterocycles. The molecule has 0 aliphatic heterocycles. The molecule has 0 unspecified atom stereocenters. The Bertz CT molecular complexity index is 536. The first-order chi connectivity index (χ1) is 9.97. The molecule has 0 atom stereocenters. The number of carbonyl (C=O) groups excluding carboxylic acids is 1. The molecule has 114 valence electrons. The molecule has 21 heavy (non-hydrogen) atoms. The van der Waals surface area contributed by atoms with Crippen molar-refractivity contribution in [2.75, 3.05) is 18.9 Å². The number of hydrogen-bond donors (Lipinski definition) is 2. The highest BCUT2D eigenvalue weighted by atomic mass is 16.4. The molecule has 2 rings (SSSR count). The summed E-state index contributed by atoms with van der Waals surface area (Å²) < 4.78 is 0. The predicted molar refractivity (Wildman–Crippen MR) is 81.7 cm³/mol. The first-order valence-corrected chi connectivity index (χ1v) is 7.33. The van der Waals surface area contributed by atoms with Crippen molar-refractivity contribution in [1.82, 2.24) is 4.90 Å². The Morgan fingerprint density at radius 3 is 2.62 bits per heavy atom. The first kappa shape index (κ1) is 15.4. The molecular formula is C16H22N2O3. The van der Waals surface area contributed by atoms with Gasteiger partial charge in [-0.1, -0.05) is 18.9 Å². The SMILES string of the molecule is Cc1ccc(C(=O)O)cc1NC(=O)N(C)CC1CCCC1. The highest BCUT2D eigenvalue weighted by molar-refractivity contribution is 5.93. The zero-order valence-electron chi connectivity index (χ0n) is 12.6. The largest absolute Gasteiger partial charge is 0.478 e. The van der Waals surface area contributed by atoms with E-state index in [0.29, 0.717) is 11.6 Å². The lowest BCUT2D eigenvalue weighted by Crippen LogP contribution is -2.35. The summed E-state index contributed by atoms with van der Waals surface area (Å²) in [4.78, 5) is 24.9. The average molecular weight is 290 g/mol. The zero-order valence-corrected chi connectivity index (χ0v) is 12.6. The van der Waals surface area contributed by atoms with E-state index in [2.05, 4.69) is 5.32 Å². The molecule has 1 aromatic rings. The lowest BCUT2D eigenvalue weighted by molar-refractivity contribution is 0.0697. The molecule has 0 radical (unpaired) electrons. The molecule has 1 aromatic carbocycles. The normalized spacial score (nSPS) is 15.0. The van der Waals surface area contributed by atoms with Crippen LogP contribution in [0.25, 0.3) is 0 Å². The molecule has 0 bridgehead atoms. The summed E-state index contributed by atoms with van der Waals surface area (Å²) in [6.45, 7) is 2.60. The van der Waals surface area contributed by atoms with Crippen LogP contribution in [0.1, 0.15) is 41.6 Å². The van der Waals surface area contributed by atoms with Crippen LogP contribution in [0.3, 0.4) is 0 Å². The Kier molecular flexibility index (Phi) is 4.83. The van der Waals surface area contributed by atoms with Crippen molar-refractivity contribution in [3.05, 3.63) is 29.3 Å². The molecule has 1 aliphatic rings. The second kappa shape index (κ2) is 6.61. The van der Waals surface area contributed by atoms with Gasteiger partial charge in [-0.2, -0.15) is 0 Å². The molecule has 0 aromatic heterocycles. The van der Waals surface area contributed by atoms with Gasteiger partial charge in [0.25, 0.3) is 0 Å². The fraction of sp³-hybridized carbons (Fsp3) is 0.500. The smallest absolute Gasteiger partial charge is 0.335 e. The van der Waals surface area contributed by atoms with E-state index in [1.54, 1.807) is 18.0 Å². The minimum absolute atomic E-state index is 0.175. The molecule has 0 saturated heterocycles. The van der Waals surface area contributed by atoms with E-state index < -0.39 is 5.97 Å². The third-order valence-electron chi connectivity index (χ3n) is 4.08. The van der Waals surface area contributed by atoms with Gasteiger partial charge in [0.1, 0.15) is 0 Å². The van der Waals surface area contributed by atoms with Crippen molar-refractivity contribution >= 4 is 17.7 Å². The van der Waals surface area contributed by atoms with Crippen molar-refractivity contribution in [2.24, 2.45) is 5.92 Å². The van der Waals surface area contributed by atoms with Gasteiger partial charge in [-0.05, 0) is 43.4 Å². The maximum Gasteiger partial charge on any atom is 0.335 e. The molecular weight excluding hydrogens is 268 g/mol. The number of aryl methyl sites for hydroxylation is 1. The van der Waals surface area contributed by atoms with Crippen LogP contribution >= 0.6 is 0 Å². The van der Waals surface area contributed by atoms with Crippen LogP contribution in [0.4, 0.5) is 10.5 Å². The van der Waals surface area contributed by atoms with E-state index >= 15 is 0 Å². The second-order valence-electron chi connectivity index (χ2n) is 5.80. The summed E-state index contributed by atoms with van der Waals surface area (Å²) in [5.74, 6) is -0.406. The van der Waals surface area contributed by atoms with E-state index in [1.807, 2.05) is 6.92 Å². The Hall–Kier alpha value is -2.04. The number of anilines is 1. The maximum absolute atomic E-state index is 12.2. The number of nitrogens with zero attached hydrogens (tertiary/aromatic N) is 1. The summed E-state index contributed by atoms with van der Waals surface area (Å²) >= 11 is 0. The number of hydrogen-bond acceptors (Lipinski definition) is 2. The van der Waals surface area contributed by atoms with Crippen LogP contribution in [-0.4, -0.2) is 35.6 Å². The summed E-state index contributed by atoms with van der Waals surface area (Å²) in [7, 11) is 1.78. The number of nitrogens with one attached hydrogen (secondary N) is 1. The third kappa shape index (κ3) is 3.97. The van der Waals surface area contributed by atoms with E-state index in [-0.39, 0.29) is 11.6 Å². The standard InChI is InChI=1S/C16H22N2O3/c1-11-7-8-13(15(19)20)9-14(11)17-16(21)18(2)10-12-5-3-4-6-12/h7-9,12H,3-6,10H2,1-2H3,(H,17,21)(H,19,20). The highest BCUT2D eigenvalue weighted by Crippen LogP contribution is 2.25. The number of rotatable bonds is 4. The van der Waals surface area contributed by atoms with Crippen LogP contribution < -0.4 is 5.32 Å². The van der Waals surface area contributed by atoms with E-state index in [4.69, 9.17) is 5.11 Å². The van der Waals surface area contributed by atoms with Gasteiger partial charge < -0.3 is 15.3 Å². The van der Waals surface area contributed by atoms with E-state index in [9.17, 15) is 9.59 Å². The number of aromatic carboxylic acids is 1. The lowest BCUT2D eigenvalue weighted by Gasteiger charge is -2.22. The van der Waals surface area contributed by atoms with Crippen molar-refractivity contribution in [2.45, 2.75) is 32.6 Å². The van der Waals surface area contributed by atoms with Crippen molar-refractivity contribution in [3.63, 3.8) is 0 Å². The third-order valence-corrected chi connectivity index (χ3v) is 4.08. The van der Waals surface area contributed by atoms with Crippen molar-refractivity contribution in [1.29, 1.82) is 0 Å². The van der Waals surface area contributed by atoms with Gasteiger partial charge in [-0.15, -0.1) is 0 Å². The molecule has 2 amide bonds. The Morgan fingerprint density at radius 2 is 2.00 bits per heavy atom. The summed E-state index contributed by atoms with van der Waals surface area (Å²) in [6, 6.07) is 4.55. The second-order valence-corrected chi connectivity index (χ2v) is 5.80. The topological polar surface area (TPSA) is 69.6 Å². The lowest BCUT2D eigenvalue weighted by atomic mass is 10.1. The maximum atomic E-state index is 12.2. The summed E-state index contributed by atoms with van der Waals surface area (Å²) in [6.07, 6.45) is 4.87. The van der Waals surface area contributed by atoms with Gasteiger partial charge in [0.15, 0.2) is 0 Å². The molecule has 1 aliphatic carbocycles. The van der Waals surface area contributed by atoms with Crippen LogP contribution in [-0.2, 0) is 0 Å². The van der Waals surface area contributed by atoms with Crippen LogP contribution in [0.2, 0.25) is 0 Å². The molecule has 1 saturated carbocycles. The van der Waals surface area contributed by atoms with Gasteiger partial charge in [-0.25, -0.2) is 9.59 Å². The molecule has 1 fully saturated rings. The molecule has 2 N–H and O–H groups in total. The van der Waals surface area contributed by atoms with Gasteiger partial charge in [0, 0.05) is 19.3 Å². The van der Waals surface area contributed by atoms with Gasteiger partial charge in [0.05, 0.1) is 5.56 Å². The fourth-order valence-corrected chi connectivity index (χ4v) is 2.76. The molecule has 0 spiro atoms. The number of carboxylic acid groups (broad SMARTS) is 1. The van der Waals surface area contributed by atoms with Gasteiger partial charge in [-0.3, -0.25) is 0 Å². The predicted octanol–water partition coefficient (Wildman–Crippen LogP) is 3.35. The molecule has 5 heteroatoms. The zero-order chi connectivity index (χ0) is 15.4. The highest BCUT2D eigenvalue weighted by Gasteiger charge is 2.20. The Morgan fingerprint density at radius 1 is 1.33 bits per heavy atom. The minimum atomic E-state index is -0.996. The number of carbonyl (C=O) groups is 2. The van der Waals surface area contributed by atoms with E-state index in [0.717, 1.165) is 12.1 Å². The van der Waals surface area contributed by atoms with Crippen molar-refractivity contribution in [3.8, 4) is 0 Å². The number of benzene rings is 1. The summed E-state index contributed by atoms with van der Waals surface area (Å²) in [5.41, 5.74) is 1.58. The number of carboxylic acids is 1. The monoisotopic (exact) mass is 290 g/mol. The van der Waals surface area contributed by atoms with Crippen molar-refractivity contribution < 1.29 is 14.7 Å². The number of amides is 2. The first-order valence-electron chi connectivity index (χ1n) is 7.33. The Balaban J connectivity index is 2.01.